The number of aliphatic hydroxyl groups excluding tert-OH is 1. The van der Waals surface area contributed by atoms with E-state index in [1.165, 1.54) is 30.9 Å². The molecule has 4 aromatic rings. The monoisotopic (exact) mass is 931 g/mol. The Kier molecular flexibility index (Phi) is 15.1. The number of carbonyl (C=O) groups excluding carboxylic acids is 1. The van der Waals surface area contributed by atoms with E-state index in [4.69, 9.17) is 4.98 Å². The quantitative estimate of drug-likeness (QED) is 0.0926. The number of ketones is 1. The van der Waals surface area contributed by atoms with E-state index < -0.39 is 11.6 Å². The number of hydrogen-bond donors (Lipinski definition) is 1. The number of benzene rings is 3. The van der Waals surface area contributed by atoms with E-state index in [1.807, 2.05) is 70.3 Å². The summed E-state index contributed by atoms with van der Waals surface area (Å²) in [7, 11) is 0. The molecule has 5 rings (SSSR count). The SMILES string of the molecule is CC(C)(C)c1cc(-c2nccc3c2C(C)(C)C(c2ccc(CC(C)(C)C(F)(F)F)cc2)=C3)[c-]c2ccccc12.CCC(CC)C(=O)/C=C(\O)C(CC)CC.[Ir]. The van der Waals surface area contributed by atoms with Crippen molar-refractivity contribution >= 4 is 28.2 Å². The number of alkyl halides is 3. The first-order valence-electron chi connectivity index (χ1n) is 19.5. The van der Waals surface area contributed by atoms with Crippen LogP contribution in [0.1, 0.15) is 130 Å². The van der Waals surface area contributed by atoms with Crippen LogP contribution in [-0.4, -0.2) is 22.1 Å². The molecule has 1 N–H and O–H groups in total. The fraction of sp³-hybridized carbons (Fsp3) is 0.458. The summed E-state index contributed by atoms with van der Waals surface area (Å²) in [6.07, 6.45) is 4.65. The minimum absolute atomic E-state index is 0. The minimum atomic E-state index is -4.25. The Balaban J connectivity index is 0.000000433. The van der Waals surface area contributed by atoms with Gasteiger partial charge in [0.2, 0.25) is 0 Å². The second-order valence-electron chi connectivity index (χ2n) is 17.0. The van der Waals surface area contributed by atoms with Crippen LogP contribution in [0.25, 0.3) is 33.7 Å². The van der Waals surface area contributed by atoms with E-state index in [-0.39, 0.29) is 60.7 Å². The van der Waals surface area contributed by atoms with E-state index in [0.29, 0.717) is 5.56 Å². The van der Waals surface area contributed by atoms with Crippen LogP contribution in [0.3, 0.4) is 0 Å². The van der Waals surface area contributed by atoms with E-state index in [1.54, 1.807) is 0 Å². The molecule has 0 saturated heterocycles. The van der Waals surface area contributed by atoms with E-state index in [2.05, 4.69) is 71.0 Å². The van der Waals surface area contributed by atoms with Crippen molar-refractivity contribution < 1.29 is 43.2 Å². The summed E-state index contributed by atoms with van der Waals surface area (Å²) in [5.41, 5.74) is 6.04. The van der Waals surface area contributed by atoms with E-state index >= 15 is 0 Å². The molecule has 0 unspecified atom stereocenters. The Bertz CT molecular complexity index is 1990. The summed E-state index contributed by atoms with van der Waals surface area (Å²) < 4.78 is 40.3. The number of hydrogen-bond acceptors (Lipinski definition) is 3. The first-order valence-corrected chi connectivity index (χ1v) is 19.5. The number of halogens is 3. The third-order valence-corrected chi connectivity index (χ3v) is 11.2. The standard InChI is InChI=1S/C35H35F3N.C13H24O2.Ir/c1-32(2,3)29-20-26(18-24-10-8-9-11-27(24)29)31-30-25(16-17-39-31)19-28(34(30,6)7)23-14-12-22(13-15-23)21-33(4,5)35(36,37)38;1-5-10(6-2)12(14)9-13(15)11(7-3)8-4;/h8-17,19-20H,21H2,1-7H3;9-11,14H,5-8H2,1-4H3;/q-1;;/b;12-9-;. The van der Waals surface area contributed by atoms with Gasteiger partial charge >= 0.3 is 6.18 Å². The Morgan fingerprint density at radius 2 is 1.45 bits per heavy atom. The second kappa shape index (κ2) is 18.2. The first kappa shape index (κ1) is 45.8. The predicted molar refractivity (Wildman–Crippen MR) is 219 cm³/mol. The van der Waals surface area contributed by atoms with Gasteiger partial charge in [0.15, 0.2) is 5.78 Å². The van der Waals surface area contributed by atoms with Crippen LogP contribution >= 0.6 is 0 Å². The molecular weight excluding hydrogens is 872 g/mol. The maximum atomic E-state index is 13.4. The summed E-state index contributed by atoms with van der Waals surface area (Å²) in [5, 5.41) is 12.0. The van der Waals surface area contributed by atoms with Gasteiger partial charge in [0, 0.05) is 55.3 Å². The van der Waals surface area contributed by atoms with Crippen molar-refractivity contribution in [3.05, 3.63) is 113 Å². The van der Waals surface area contributed by atoms with Crippen molar-refractivity contribution in [1.82, 2.24) is 4.98 Å². The van der Waals surface area contributed by atoms with Gasteiger partial charge in [0.25, 0.3) is 0 Å². The van der Waals surface area contributed by atoms with Crippen molar-refractivity contribution in [2.24, 2.45) is 17.3 Å². The van der Waals surface area contributed by atoms with Gasteiger partial charge < -0.3 is 5.11 Å². The molecule has 3 aromatic carbocycles. The summed E-state index contributed by atoms with van der Waals surface area (Å²) in [6, 6.07) is 23.8. The molecule has 0 amide bonds. The van der Waals surface area contributed by atoms with Crippen LogP contribution in [0.15, 0.2) is 78.7 Å². The predicted octanol–water partition coefficient (Wildman–Crippen LogP) is 13.8. The van der Waals surface area contributed by atoms with Gasteiger partial charge in [0.05, 0.1) is 11.2 Å². The summed E-state index contributed by atoms with van der Waals surface area (Å²) in [6.45, 7) is 21.7. The number of nitrogens with zero attached hydrogens (tertiary/aromatic N) is 1. The van der Waals surface area contributed by atoms with Gasteiger partial charge in [-0.2, -0.15) is 13.2 Å². The Morgan fingerprint density at radius 1 is 0.873 bits per heavy atom. The van der Waals surface area contributed by atoms with Gasteiger partial charge in [-0.25, -0.2) is 0 Å². The average molecular weight is 931 g/mol. The molecule has 1 aliphatic carbocycles. The van der Waals surface area contributed by atoms with Gasteiger partial charge in [-0.15, -0.1) is 29.1 Å². The molecule has 0 atom stereocenters. The topological polar surface area (TPSA) is 50.2 Å². The summed E-state index contributed by atoms with van der Waals surface area (Å²) >= 11 is 0. The van der Waals surface area contributed by atoms with Crippen molar-refractivity contribution in [2.75, 3.05) is 0 Å². The van der Waals surface area contributed by atoms with Gasteiger partial charge in [-0.05, 0) is 71.4 Å². The third kappa shape index (κ3) is 10.3. The van der Waals surface area contributed by atoms with Gasteiger partial charge in [-0.3, -0.25) is 9.78 Å². The smallest absolute Gasteiger partial charge is 0.394 e. The average Bonchev–Trinajstić information content (AvgIpc) is 3.38. The maximum absolute atomic E-state index is 13.4. The number of aliphatic hydroxyl groups is 1. The van der Waals surface area contributed by atoms with Crippen LogP contribution in [0.4, 0.5) is 13.2 Å². The number of aromatic nitrogens is 1. The van der Waals surface area contributed by atoms with Crippen molar-refractivity contribution in [3.63, 3.8) is 0 Å². The molecule has 1 radical (unpaired) electrons. The molecule has 1 heterocycles. The Morgan fingerprint density at radius 3 is 2.00 bits per heavy atom. The summed E-state index contributed by atoms with van der Waals surface area (Å²) in [4.78, 5) is 16.6. The molecular formula is C48H59F3IrNO2-. The molecule has 0 saturated carbocycles. The normalized spacial score (nSPS) is 14.3. The van der Waals surface area contributed by atoms with Crippen LogP contribution in [0, 0.1) is 23.3 Å². The molecule has 3 nitrogen and oxygen atoms in total. The van der Waals surface area contributed by atoms with Crippen molar-refractivity contribution in [1.29, 1.82) is 0 Å². The summed E-state index contributed by atoms with van der Waals surface area (Å²) in [5.74, 6) is 0.547. The molecule has 0 aliphatic heterocycles. The fourth-order valence-corrected chi connectivity index (χ4v) is 7.54. The number of pyridine rings is 1. The number of allylic oxidation sites excluding steroid dienone is 3. The molecule has 55 heavy (non-hydrogen) atoms. The fourth-order valence-electron chi connectivity index (χ4n) is 7.54. The molecule has 0 fully saturated rings. The van der Waals surface area contributed by atoms with Gasteiger partial charge in [-0.1, -0.05) is 136 Å². The first-order chi connectivity index (χ1) is 25.2. The zero-order valence-corrected chi connectivity index (χ0v) is 36.9. The zero-order valence-electron chi connectivity index (χ0n) is 34.5. The number of rotatable bonds is 11. The molecule has 299 valence electrons. The second-order valence-corrected chi connectivity index (χ2v) is 17.0. The van der Waals surface area contributed by atoms with Crippen LogP contribution in [0.2, 0.25) is 0 Å². The minimum Gasteiger partial charge on any atom is -0.512 e. The number of carbonyl (C=O) groups is 1. The zero-order chi connectivity index (χ0) is 40.2. The van der Waals surface area contributed by atoms with E-state index in [9.17, 15) is 23.1 Å². The molecule has 0 spiro atoms. The Hall–Kier alpha value is -3.54. The van der Waals surface area contributed by atoms with Crippen LogP contribution in [0.5, 0.6) is 0 Å². The van der Waals surface area contributed by atoms with Gasteiger partial charge in [0.1, 0.15) is 0 Å². The molecule has 0 bridgehead atoms. The van der Waals surface area contributed by atoms with E-state index in [0.717, 1.165) is 64.6 Å². The van der Waals surface area contributed by atoms with Crippen LogP contribution < -0.4 is 0 Å². The maximum Gasteiger partial charge on any atom is 0.394 e. The van der Waals surface area contributed by atoms with Crippen LogP contribution in [-0.2, 0) is 42.2 Å². The van der Waals surface area contributed by atoms with Crippen molar-refractivity contribution in [3.8, 4) is 11.3 Å². The molecule has 1 aliphatic rings. The molecule has 1 aromatic heterocycles. The molecule has 7 heteroatoms. The van der Waals surface area contributed by atoms with Crippen molar-refractivity contribution in [2.45, 2.75) is 125 Å². The Labute approximate surface area is 341 Å². The third-order valence-electron chi connectivity index (χ3n) is 11.2. The number of fused-ring (bicyclic) bond motifs is 2. The largest absolute Gasteiger partial charge is 0.512 e.